The van der Waals surface area contributed by atoms with Crippen molar-refractivity contribution < 1.29 is 9.47 Å². The van der Waals surface area contributed by atoms with Crippen LogP contribution in [0, 0.1) is 0 Å². The van der Waals surface area contributed by atoms with E-state index in [-0.39, 0.29) is 12.0 Å². The second-order valence-corrected chi connectivity index (χ2v) is 6.26. The first-order chi connectivity index (χ1) is 12.7. The molecule has 0 aliphatic carbocycles. The summed E-state index contributed by atoms with van der Waals surface area (Å²) in [5.74, 6) is 1.63. The van der Waals surface area contributed by atoms with Crippen LogP contribution in [-0.4, -0.2) is 57.5 Å². The van der Waals surface area contributed by atoms with Crippen molar-refractivity contribution in [1.82, 2.24) is 24.6 Å². The summed E-state index contributed by atoms with van der Waals surface area (Å²) >= 11 is 0. The lowest BCUT2D eigenvalue weighted by molar-refractivity contribution is 0.0986. The maximum Gasteiger partial charge on any atom is 0.219 e. The first kappa shape index (κ1) is 16.7. The van der Waals surface area contributed by atoms with Gasteiger partial charge in [0.25, 0.3) is 0 Å². The smallest absolute Gasteiger partial charge is 0.219 e. The van der Waals surface area contributed by atoms with Gasteiger partial charge >= 0.3 is 0 Å². The molecule has 1 saturated heterocycles. The monoisotopic (exact) mass is 355 g/mol. The van der Waals surface area contributed by atoms with Crippen LogP contribution in [0.15, 0.2) is 24.5 Å². The van der Waals surface area contributed by atoms with E-state index in [9.17, 15) is 0 Å². The lowest BCUT2D eigenvalue weighted by atomic mass is 10.2. The third kappa shape index (κ3) is 2.95. The second kappa shape index (κ2) is 6.85. The molecule has 4 heterocycles. The predicted molar refractivity (Wildman–Crippen MR) is 96.8 cm³/mol. The molecule has 0 radical (unpaired) electrons. The number of methoxy groups -OCH3 is 1. The van der Waals surface area contributed by atoms with E-state index in [1.165, 1.54) is 0 Å². The first-order valence-corrected chi connectivity index (χ1v) is 8.47. The number of morpholine rings is 1. The molecule has 1 atom stereocenters. The van der Waals surface area contributed by atoms with E-state index in [4.69, 9.17) is 20.2 Å². The first-order valence-electron chi connectivity index (χ1n) is 8.47. The normalized spacial score (nSPS) is 17.8. The number of nitrogens with zero attached hydrogens (tertiary/aromatic N) is 6. The van der Waals surface area contributed by atoms with Gasteiger partial charge in [-0.25, -0.2) is 19.5 Å². The summed E-state index contributed by atoms with van der Waals surface area (Å²) in [4.78, 5) is 15.2. The number of hydrogen-bond acceptors (Lipinski definition) is 8. The summed E-state index contributed by atoms with van der Waals surface area (Å²) in [5, 5.41) is 4.68. The highest BCUT2D eigenvalue weighted by molar-refractivity contribution is 5.72. The Kier molecular flexibility index (Phi) is 4.39. The molecule has 3 aromatic rings. The summed E-state index contributed by atoms with van der Waals surface area (Å²) in [6.07, 6.45) is 3.27. The van der Waals surface area contributed by atoms with Crippen molar-refractivity contribution in [3.8, 4) is 11.4 Å². The van der Waals surface area contributed by atoms with Gasteiger partial charge in [-0.05, 0) is 19.1 Å². The van der Waals surface area contributed by atoms with E-state index < -0.39 is 0 Å². The largest absolute Gasteiger partial charge is 0.378 e. The number of ether oxygens (including phenoxy) is 2. The van der Waals surface area contributed by atoms with Gasteiger partial charge in [-0.15, -0.1) is 5.10 Å². The minimum atomic E-state index is 0.220. The maximum absolute atomic E-state index is 5.60. The third-order valence-corrected chi connectivity index (χ3v) is 4.43. The lowest BCUT2D eigenvalue weighted by Gasteiger charge is -2.34. The van der Waals surface area contributed by atoms with Crippen LogP contribution in [0.25, 0.3) is 16.9 Å². The Morgan fingerprint density at radius 1 is 1.31 bits per heavy atom. The van der Waals surface area contributed by atoms with E-state index in [0.29, 0.717) is 31.2 Å². The van der Waals surface area contributed by atoms with Crippen molar-refractivity contribution in [3.63, 3.8) is 0 Å². The fourth-order valence-electron chi connectivity index (χ4n) is 3.12. The van der Waals surface area contributed by atoms with Crippen LogP contribution < -0.4 is 10.6 Å². The van der Waals surface area contributed by atoms with Gasteiger partial charge < -0.3 is 20.1 Å². The van der Waals surface area contributed by atoms with Gasteiger partial charge in [0.05, 0.1) is 37.1 Å². The molecule has 26 heavy (non-hydrogen) atoms. The molecule has 0 aromatic carbocycles. The molecular weight excluding hydrogens is 334 g/mol. The topological polar surface area (TPSA) is 104 Å². The zero-order valence-electron chi connectivity index (χ0n) is 14.8. The highest BCUT2D eigenvalue weighted by Gasteiger charge is 2.24. The van der Waals surface area contributed by atoms with Crippen molar-refractivity contribution in [2.75, 3.05) is 37.5 Å². The SMILES string of the molecule is COCc1ccc2c(N3CCOC[C@@H]3C)nc(-c3cnc(N)nc3)nn12. The van der Waals surface area contributed by atoms with Crippen LogP contribution >= 0.6 is 0 Å². The minimum absolute atomic E-state index is 0.220. The Balaban J connectivity index is 1.89. The molecule has 0 bridgehead atoms. The Morgan fingerprint density at radius 2 is 2.12 bits per heavy atom. The number of rotatable bonds is 4. The van der Waals surface area contributed by atoms with E-state index in [2.05, 4.69) is 26.9 Å². The molecule has 3 aromatic heterocycles. The van der Waals surface area contributed by atoms with E-state index in [1.807, 2.05) is 16.6 Å². The van der Waals surface area contributed by atoms with Crippen molar-refractivity contribution in [1.29, 1.82) is 0 Å². The number of fused-ring (bicyclic) bond motifs is 1. The molecule has 1 aliphatic heterocycles. The van der Waals surface area contributed by atoms with E-state index in [1.54, 1.807) is 19.5 Å². The number of nitrogens with two attached hydrogens (primary N) is 1. The standard InChI is InChI=1S/C17H21N7O2/c1-11-9-26-6-5-23(11)16-14-4-3-13(10-25-2)24(14)22-15(21-16)12-7-19-17(18)20-8-12/h3-4,7-8,11H,5-6,9-10H2,1-2H3,(H2,18,19,20)/t11-/m0/s1. The molecule has 0 saturated carbocycles. The molecule has 1 aliphatic rings. The molecule has 9 heteroatoms. The molecule has 136 valence electrons. The number of nitrogen functional groups attached to an aromatic ring is 1. The third-order valence-electron chi connectivity index (χ3n) is 4.43. The van der Waals surface area contributed by atoms with Gasteiger partial charge in [-0.1, -0.05) is 0 Å². The Bertz CT molecular complexity index is 909. The van der Waals surface area contributed by atoms with Crippen LogP contribution in [0.5, 0.6) is 0 Å². The molecule has 1 fully saturated rings. The number of anilines is 2. The predicted octanol–water partition coefficient (Wildman–Crippen LogP) is 1.14. The highest BCUT2D eigenvalue weighted by atomic mass is 16.5. The zero-order valence-corrected chi connectivity index (χ0v) is 14.8. The Hall–Kier alpha value is -2.78. The summed E-state index contributed by atoms with van der Waals surface area (Å²) in [6.45, 7) is 4.70. The van der Waals surface area contributed by atoms with Gasteiger partial charge in [0.15, 0.2) is 11.6 Å². The van der Waals surface area contributed by atoms with Crippen LogP contribution in [-0.2, 0) is 16.1 Å². The number of aromatic nitrogens is 5. The van der Waals surface area contributed by atoms with Crippen molar-refractivity contribution in [3.05, 3.63) is 30.2 Å². The van der Waals surface area contributed by atoms with Gasteiger partial charge in [-0.3, -0.25) is 0 Å². The average molecular weight is 355 g/mol. The van der Waals surface area contributed by atoms with Crippen molar-refractivity contribution in [2.45, 2.75) is 19.6 Å². The van der Waals surface area contributed by atoms with Gasteiger partial charge in [0.2, 0.25) is 5.95 Å². The molecule has 4 rings (SSSR count). The lowest BCUT2D eigenvalue weighted by Crippen LogP contribution is -2.44. The summed E-state index contributed by atoms with van der Waals surface area (Å²) < 4.78 is 12.8. The molecular formula is C17H21N7O2. The van der Waals surface area contributed by atoms with Crippen molar-refractivity contribution in [2.24, 2.45) is 0 Å². The van der Waals surface area contributed by atoms with Gasteiger partial charge in [-0.2, -0.15) is 0 Å². The van der Waals surface area contributed by atoms with Crippen LogP contribution in [0.1, 0.15) is 12.6 Å². The average Bonchev–Trinajstić information content (AvgIpc) is 3.05. The summed E-state index contributed by atoms with van der Waals surface area (Å²) in [5.41, 5.74) is 8.19. The quantitative estimate of drug-likeness (QED) is 0.743. The fraction of sp³-hybridized carbons (Fsp3) is 0.412. The minimum Gasteiger partial charge on any atom is -0.378 e. The van der Waals surface area contributed by atoms with Crippen molar-refractivity contribution >= 4 is 17.3 Å². The van der Waals surface area contributed by atoms with Gasteiger partial charge in [0, 0.05) is 26.0 Å². The molecule has 9 nitrogen and oxygen atoms in total. The molecule has 0 amide bonds. The zero-order chi connectivity index (χ0) is 18.1. The highest BCUT2D eigenvalue weighted by Crippen LogP contribution is 2.27. The second-order valence-electron chi connectivity index (χ2n) is 6.26. The maximum atomic E-state index is 5.60. The van der Waals surface area contributed by atoms with Crippen LogP contribution in [0.4, 0.5) is 11.8 Å². The Labute approximate surface area is 150 Å². The van der Waals surface area contributed by atoms with Gasteiger partial charge in [0.1, 0.15) is 5.52 Å². The fourth-order valence-corrected chi connectivity index (χ4v) is 3.12. The van der Waals surface area contributed by atoms with Crippen LogP contribution in [0.2, 0.25) is 0 Å². The molecule has 2 N–H and O–H groups in total. The number of hydrogen-bond donors (Lipinski definition) is 1. The summed E-state index contributed by atoms with van der Waals surface area (Å²) in [7, 11) is 1.67. The van der Waals surface area contributed by atoms with E-state index >= 15 is 0 Å². The van der Waals surface area contributed by atoms with Crippen LogP contribution in [0.3, 0.4) is 0 Å². The molecule has 0 unspecified atom stereocenters. The molecule has 0 spiro atoms. The Morgan fingerprint density at radius 3 is 2.85 bits per heavy atom. The summed E-state index contributed by atoms with van der Waals surface area (Å²) in [6, 6.07) is 4.25. The van der Waals surface area contributed by atoms with E-state index in [0.717, 1.165) is 23.6 Å².